The molecule has 0 aliphatic rings. The van der Waals surface area contributed by atoms with E-state index in [2.05, 4.69) is 15.6 Å². The molecule has 0 saturated heterocycles. The molecule has 0 saturated carbocycles. The van der Waals surface area contributed by atoms with Crippen LogP contribution >= 0.6 is 11.3 Å². The Bertz CT molecular complexity index is 461. The normalized spacial score (nSPS) is 13.6. The van der Waals surface area contributed by atoms with E-state index in [-0.39, 0.29) is 18.0 Å². The number of carbonyl (C=O) groups excluding carboxylic acids is 1. The van der Waals surface area contributed by atoms with Crippen LogP contribution in [0.25, 0.3) is 0 Å². The molecule has 1 rings (SSSR count). The summed E-state index contributed by atoms with van der Waals surface area (Å²) in [5, 5.41) is 15.1. The molecule has 0 aromatic carbocycles. The van der Waals surface area contributed by atoms with Crippen LogP contribution in [0.2, 0.25) is 0 Å². The highest BCUT2D eigenvalue weighted by Crippen LogP contribution is 2.18. The van der Waals surface area contributed by atoms with Crippen molar-refractivity contribution in [2.45, 2.75) is 39.7 Å². The minimum absolute atomic E-state index is 0.133. The highest BCUT2D eigenvalue weighted by Gasteiger charge is 2.13. The highest BCUT2D eigenvalue weighted by atomic mass is 32.1. The molecular weight excluding hydrogens is 278 g/mol. The number of amides is 2. The molecule has 1 heterocycles. The summed E-state index contributed by atoms with van der Waals surface area (Å²) in [6.45, 7) is 5.98. The van der Waals surface area contributed by atoms with E-state index in [9.17, 15) is 9.59 Å². The Morgan fingerprint density at radius 2 is 2.15 bits per heavy atom. The number of aryl methyl sites for hydroxylation is 1. The van der Waals surface area contributed by atoms with Crippen LogP contribution in [0.1, 0.15) is 42.6 Å². The van der Waals surface area contributed by atoms with Crippen molar-refractivity contribution < 1.29 is 14.7 Å². The van der Waals surface area contributed by atoms with Crippen LogP contribution in [-0.4, -0.2) is 28.6 Å². The first-order chi connectivity index (χ1) is 9.40. The summed E-state index contributed by atoms with van der Waals surface area (Å²) in [6, 6.07) is -0.389. The van der Waals surface area contributed by atoms with Gasteiger partial charge in [-0.3, -0.25) is 4.79 Å². The molecule has 7 heteroatoms. The number of urea groups is 1. The van der Waals surface area contributed by atoms with E-state index in [0.717, 1.165) is 9.88 Å². The van der Waals surface area contributed by atoms with E-state index in [1.165, 1.54) is 0 Å². The molecule has 1 aromatic heterocycles. The first-order valence-corrected chi connectivity index (χ1v) is 7.41. The second kappa shape index (κ2) is 7.84. The quantitative estimate of drug-likeness (QED) is 0.674. The number of rotatable bonds is 7. The number of nitrogens with zero attached hydrogens (tertiary/aromatic N) is 1. The van der Waals surface area contributed by atoms with Gasteiger partial charge in [-0.05, 0) is 26.7 Å². The summed E-state index contributed by atoms with van der Waals surface area (Å²) < 4.78 is 0. The molecule has 1 aromatic rings. The number of aliphatic carboxylic acids is 1. The van der Waals surface area contributed by atoms with Crippen LogP contribution in [0.15, 0.2) is 6.20 Å². The monoisotopic (exact) mass is 299 g/mol. The maximum absolute atomic E-state index is 11.7. The van der Waals surface area contributed by atoms with E-state index in [1.807, 2.05) is 13.8 Å². The molecule has 0 fully saturated rings. The number of nitrogens with one attached hydrogen (secondary N) is 2. The first-order valence-electron chi connectivity index (χ1n) is 6.59. The second-order valence-corrected chi connectivity index (χ2v) is 6.08. The van der Waals surface area contributed by atoms with Crippen molar-refractivity contribution in [1.29, 1.82) is 0 Å². The summed E-state index contributed by atoms with van der Waals surface area (Å²) in [6.07, 6.45) is 2.98. The molecule has 2 atom stereocenters. The van der Waals surface area contributed by atoms with Gasteiger partial charge in [-0.25, -0.2) is 9.78 Å². The average Bonchev–Trinajstić information content (AvgIpc) is 2.81. The van der Waals surface area contributed by atoms with Gasteiger partial charge in [-0.1, -0.05) is 6.92 Å². The number of hydrogen-bond donors (Lipinski definition) is 3. The number of carboxylic acids is 1. The van der Waals surface area contributed by atoms with Crippen molar-refractivity contribution in [2.24, 2.45) is 5.92 Å². The third kappa shape index (κ3) is 5.56. The Morgan fingerprint density at radius 1 is 1.45 bits per heavy atom. The van der Waals surface area contributed by atoms with Crippen molar-refractivity contribution in [3.8, 4) is 0 Å². The summed E-state index contributed by atoms with van der Waals surface area (Å²) in [5.41, 5.74) is 0. The van der Waals surface area contributed by atoms with E-state index < -0.39 is 5.97 Å². The van der Waals surface area contributed by atoms with Gasteiger partial charge in [0.15, 0.2) is 0 Å². The van der Waals surface area contributed by atoms with Crippen LogP contribution < -0.4 is 10.6 Å². The summed E-state index contributed by atoms with van der Waals surface area (Å²) in [5.74, 6) is -1.18. The van der Waals surface area contributed by atoms with Gasteiger partial charge in [-0.15, -0.1) is 11.3 Å². The molecular formula is C13H21N3O3S. The molecule has 0 aliphatic carbocycles. The fourth-order valence-corrected chi connectivity index (χ4v) is 2.39. The third-order valence-electron chi connectivity index (χ3n) is 2.88. The summed E-state index contributed by atoms with van der Waals surface area (Å²) in [4.78, 5) is 27.6. The molecule has 0 bridgehead atoms. The minimum Gasteiger partial charge on any atom is -0.481 e. The molecule has 20 heavy (non-hydrogen) atoms. The fourth-order valence-electron chi connectivity index (χ4n) is 1.62. The van der Waals surface area contributed by atoms with Crippen LogP contribution in [0.3, 0.4) is 0 Å². The van der Waals surface area contributed by atoms with Crippen LogP contribution in [-0.2, 0) is 4.79 Å². The van der Waals surface area contributed by atoms with Gasteiger partial charge in [0, 0.05) is 17.6 Å². The lowest BCUT2D eigenvalue weighted by molar-refractivity contribution is -0.141. The lowest BCUT2D eigenvalue weighted by Gasteiger charge is -2.12. The van der Waals surface area contributed by atoms with E-state index >= 15 is 0 Å². The smallest absolute Gasteiger partial charge is 0.315 e. The maximum atomic E-state index is 11.7. The van der Waals surface area contributed by atoms with Gasteiger partial charge < -0.3 is 15.7 Å². The Kier molecular flexibility index (Phi) is 6.44. The van der Waals surface area contributed by atoms with Gasteiger partial charge >= 0.3 is 12.0 Å². The fraction of sp³-hybridized carbons (Fsp3) is 0.615. The number of aromatic nitrogens is 1. The first kappa shape index (κ1) is 16.4. The number of carbonyl (C=O) groups is 2. The largest absolute Gasteiger partial charge is 0.481 e. The Balaban J connectivity index is 2.22. The topological polar surface area (TPSA) is 91.3 Å². The van der Waals surface area contributed by atoms with Crippen molar-refractivity contribution >= 4 is 23.3 Å². The van der Waals surface area contributed by atoms with Gasteiger partial charge in [-0.2, -0.15) is 0 Å². The Labute approximate surface area is 122 Å². The van der Waals surface area contributed by atoms with Crippen molar-refractivity contribution in [3.05, 3.63) is 16.1 Å². The van der Waals surface area contributed by atoms with Gasteiger partial charge in [0.2, 0.25) is 0 Å². The Hall–Kier alpha value is -1.63. The predicted molar refractivity (Wildman–Crippen MR) is 77.8 cm³/mol. The van der Waals surface area contributed by atoms with Crippen molar-refractivity contribution in [2.75, 3.05) is 6.54 Å². The lowest BCUT2D eigenvalue weighted by Crippen LogP contribution is -2.37. The molecule has 0 radical (unpaired) electrons. The molecule has 112 valence electrons. The molecule has 3 N–H and O–H groups in total. The Morgan fingerprint density at radius 3 is 2.70 bits per heavy atom. The van der Waals surface area contributed by atoms with Crippen LogP contribution in [0.5, 0.6) is 0 Å². The zero-order valence-electron chi connectivity index (χ0n) is 12.0. The lowest BCUT2D eigenvalue weighted by atomic mass is 10.1. The van der Waals surface area contributed by atoms with Gasteiger partial charge in [0.25, 0.3) is 0 Å². The third-order valence-corrected chi connectivity index (χ3v) is 3.97. The van der Waals surface area contributed by atoms with Gasteiger partial charge in [0.05, 0.1) is 12.0 Å². The summed E-state index contributed by atoms with van der Waals surface area (Å²) >= 11 is 1.55. The molecule has 2 amide bonds. The zero-order valence-corrected chi connectivity index (χ0v) is 12.8. The van der Waals surface area contributed by atoms with Crippen LogP contribution in [0.4, 0.5) is 4.79 Å². The number of thiazole rings is 1. The van der Waals surface area contributed by atoms with Gasteiger partial charge in [0.1, 0.15) is 5.01 Å². The number of carboxylic acid groups (broad SMARTS) is 1. The highest BCUT2D eigenvalue weighted by molar-refractivity contribution is 7.11. The zero-order chi connectivity index (χ0) is 15.1. The summed E-state index contributed by atoms with van der Waals surface area (Å²) in [7, 11) is 0. The standard InChI is InChI=1S/C13H21N3O3S/c1-8(12(17)18)5-4-6-14-13(19)16-10(3)11-15-7-9(2)20-11/h7-8,10H,4-6H2,1-3H3,(H,17,18)(H2,14,16,19). The maximum Gasteiger partial charge on any atom is 0.315 e. The van der Waals surface area contributed by atoms with Crippen LogP contribution in [0, 0.1) is 12.8 Å². The molecule has 0 aliphatic heterocycles. The molecule has 6 nitrogen and oxygen atoms in total. The van der Waals surface area contributed by atoms with E-state index in [4.69, 9.17) is 5.11 Å². The van der Waals surface area contributed by atoms with Crippen molar-refractivity contribution in [1.82, 2.24) is 15.6 Å². The number of hydrogen-bond acceptors (Lipinski definition) is 4. The second-order valence-electron chi connectivity index (χ2n) is 4.81. The molecule has 2 unspecified atom stereocenters. The van der Waals surface area contributed by atoms with Crippen molar-refractivity contribution in [3.63, 3.8) is 0 Å². The van der Waals surface area contributed by atoms with E-state index in [1.54, 1.807) is 24.5 Å². The van der Waals surface area contributed by atoms with E-state index in [0.29, 0.717) is 19.4 Å². The predicted octanol–water partition coefficient (Wildman–Crippen LogP) is 2.31. The minimum atomic E-state index is -0.804. The molecule has 0 spiro atoms. The SMILES string of the molecule is Cc1cnc(C(C)NC(=O)NCCCC(C)C(=O)O)s1. The average molecular weight is 299 g/mol.